The molecule has 110 heavy (non-hydrogen) atoms. The minimum Gasteiger partial charge on any atom is -0.542 e. The molecular formula is C81H98F3N13O13. The normalized spacial score (nSPS) is 15.1. The lowest BCUT2D eigenvalue weighted by Crippen LogP contribution is -2.56. The number of nitrogens with one attached hydrogen (secondary N) is 5. The van der Waals surface area contributed by atoms with Gasteiger partial charge >= 0.3 is 18.3 Å². The Bertz CT molecular complexity index is 4570. The molecule has 8 amide bonds. The highest BCUT2D eigenvalue weighted by Gasteiger charge is 2.37. The van der Waals surface area contributed by atoms with Gasteiger partial charge in [0.15, 0.2) is 0 Å². The minimum atomic E-state index is -5.19. The number of carboxylic acids is 1. The summed E-state index contributed by atoms with van der Waals surface area (Å²) in [5, 5.41) is 43.4. The maximum Gasteiger partial charge on any atom is 0.430 e. The second kappa shape index (κ2) is 35.9. The van der Waals surface area contributed by atoms with E-state index in [2.05, 4.69) is 57.8 Å². The summed E-state index contributed by atoms with van der Waals surface area (Å²) in [4.78, 5) is 111. The van der Waals surface area contributed by atoms with Crippen LogP contribution < -0.4 is 47.1 Å². The van der Waals surface area contributed by atoms with E-state index in [9.17, 15) is 47.5 Å². The van der Waals surface area contributed by atoms with E-state index in [0.717, 1.165) is 46.5 Å². The fraction of sp³-hybridized carbons (Fsp3) is 0.420. The molecule has 586 valence electrons. The number of carbonyl (C=O) groups is 8. The van der Waals surface area contributed by atoms with Crippen molar-refractivity contribution in [2.24, 2.45) is 25.7 Å². The number of halogens is 3. The van der Waals surface area contributed by atoms with Crippen molar-refractivity contribution >= 4 is 64.7 Å². The number of nitrogens with zero attached hydrogens (tertiary/aromatic N) is 7. The number of phenolic OH excluding ortho intramolecular Hbond substituents is 1. The molecule has 3 aliphatic heterocycles. The van der Waals surface area contributed by atoms with Crippen LogP contribution in [-0.2, 0) is 88.2 Å². The molecule has 0 saturated carbocycles. The third-order valence-electron chi connectivity index (χ3n) is 20.3. The number of aromatic nitrogens is 2. The van der Waals surface area contributed by atoms with Crippen LogP contribution in [0, 0.1) is 31.1 Å². The average Bonchev–Trinajstić information content (AvgIpc) is 1.46. The minimum absolute atomic E-state index is 0.0396. The van der Waals surface area contributed by atoms with Crippen LogP contribution in [0.4, 0.5) is 39.8 Å². The molecule has 26 nitrogen and oxygen atoms in total. The molecule has 7 aromatic rings. The quantitative estimate of drug-likeness (QED) is 0.0208. The van der Waals surface area contributed by atoms with Gasteiger partial charge in [0.25, 0.3) is 11.8 Å². The van der Waals surface area contributed by atoms with E-state index in [4.69, 9.17) is 29.8 Å². The number of ether oxygens (including phenoxy) is 3. The van der Waals surface area contributed by atoms with Crippen molar-refractivity contribution < 1.29 is 80.4 Å². The first-order valence-electron chi connectivity index (χ1n) is 36.6. The molecule has 3 aliphatic rings. The zero-order chi connectivity index (χ0) is 80.1. The number of urea groups is 1. The number of aliphatic carboxylic acids is 1. The number of alkyl halides is 3. The van der Waals surface area contributed by atoms with Crippen molar-refractivity contribution in [1.82, 2.24) is 40.2 Å². The van der Waals surface area contributed by atoms with Crippen LogP contribution in [0.1, 0.15) is 131 Å². The second-order valence-corrected chi connectivity index (χ2v) is 29.5. The predicted molar refractivity (Wildman–Crippen MR) is 404 cm³/mol. The number of benzene rings is 5. The molecule has 3 atom stereocenters. The fourth-order valence-corrected chi connectivity index (χ4v) is 14.0. The number of fused-ring (bicyclic) bond motifs is 2. The third-order valence-corrected chi connectivity index (χ3v) is 20.3. The summed E-state index contributed by atoms with van der Waals surface area (Å²) in [6.45, 7) is 20.8. The number of rotatable bonds is 25. The van der Waals surface area contributed by atoms with E-state index in [0.29, 0.717) is 145 Å². The van der Waals surface area contributed by atoms with Gasteiger partial charge in [0.05, 0.1) is 30.9 Å². The van der Waals surface area contributed by atoms with Gasteiger partial charge in [-0.1, -0.05) is 56.3 Å². The molecule has 5 heterocycles. The number of hydrogen-bond acceptors (Lipinski definition) is 15. The fourth-order valence-electron chi connectivity index (χ4n) is 14.0. The molecule has 0 spiro atoms. The smallest absolute Gasteiger partial charge is 0.430 e. The van der Waals surface area contributed by atoms with E-state index in [-0.39, 0.29) is 54.8 Å². The highest BCUT2D eigenvalue weighted by molar-refractivity contribution is 6.13. The number of nitrogens with two attached hydrogens (primary N) is 1. The van der Waals surface area contributed by atoms with Crippen molar-refractivity contribution in [2.75, 3.05) is 69.8 Å². The Morgan fingerprint density at radius 3 is 2.13 bits per heavy atom. The van der Waals surface area contributed by atoms with Crippen molar-refractivity contribution in [2.45, 2.75) is 144 Å². The second-order valence-electron chi connectivity index (χ2n) is 29.5. The van der Waals surface area contributed by atoms with Crippen molar-refractivity contribution in [3.8, 4) is 28.8 Å². The van der Waals surface area contributed by atoms with Gasteiger partial charge in [-0.15, -0.1) is 0 Å². The molecule has 0 radical (unpaired) electrons. The Morgan fingerprint density at radius 1 is 0.818 bits per heavy atom. The SMILES string of the molecule is CNCc1cc(NC(=O)[C@H](CCCNC(N)=O)NC(=O)[C@@H](NC(=O)OC(C)(C)C)C(C)C)ccc1C[N+]1(CCOc2ccc(CC(=O)N3CCc4cc(-c5cc(C(=O)N(c6ccc(O)cc6)c6cc(C#N)n(C)c6C)c(C)n5C)c(C(=O)N5Cc6ccccc6C[C@H]5C)cc4C3)cc2)CCOCC1.O=C([O-])C(F)(F)F. The Balaban J connectivity index is 0.00000189. The first-order chi connectivity index (χ1) is 52.1. The van der Waals surface area contributed by atoms with E-state index >= 15 is 9.59 Å². The van der Waals surface area contributed by atoms with Crippen LogP contribution in [0.2, 0.25) is 0 Å². The Labute approximate surface area is 638 Å². The first kappa shape index (κ1) is 82.8. The number of amides is 8. The monoisotopic (exact) mass is 1520 g/mol. The molecule has 0 aliphatic carbocycles. The van der Waals surface area contributed by atoms with Crippen LogP contribution >= 0.6 is 0 Å². The van der Waals surface area contributed by atoms with Crippen molar-refractivity contribution in [3.05, 3.63) is 182 Å². The number of alkyl carbamates (subject to hydrolysis) is 1. The molecule has 10 rings (SSSR count). The molecule has 1 saturated heterocycles. The highest BCUT2D eigenvalue weighted by atomic mass is 19.4. The third kappa shape index (κ3) is 20.8. The lowest BCUT2D eigenvalue weighted by Gasteiger charge is -2.41. The number of morpholine rings is 1. The summed E-state index contributed by atoms with van der Waals surface area (Å²) in [5.41, 5.74) is 17.0. The number of hydrogen-bond donors (Lipinski definition) is 7. The topological polar surface area (TPSA) is 337 Å². The van der Waals surface area contributed by atoms with Gasteiger partial charge in [-0.05, 0) is 186 Å². The summed E-state index contributed by atoms with van der Waals surface area (Å²) < 4.78 is 53.7. The van der Waals surface area contributed by atoms with Crippen molar-refractivity contribution in [3.63, 3.8) is 0 Å². The molecular weight excluding hydrogens is 1420 g/mol. The van der Waals surface area contributed by atoms with Gasteiger partial charge in [-0.25, -0.2) is 9.59 Å². The van der Waals surface area contributed by atoms with Crippen LogP contribution in [-0.4, -0.2) is 166 Å². The van der Waals surface area contributed by atoms with Gasteiger partial charge in [0, 0.05) is 98.0 Å². The maximum absolute atomic E-state index is 15.4. The summed E-state index contributed by atoms with van der Waals surface area (Å²) in [6, 6.07) is 34.9. The number of carboxylic acid groups (broad SMARTS) is 1. The number of nitriles is 1. The van der Waals surface area contributed by atoms with E-state index in [1.807, 2.05) is 109 Å². The molecule has 2 aromatic heterocycles. The number of phenols is 1. The number of anilines is 3. The lowest BCUT2D eigenvalue weighted by atomic mass is 9.89. The molecule has 0 unspecified atom stereocenters. The van der Waals surface area contributed by atoms with Gasteiger partial charge in [0.2, 0.25) is 17.7 Å². The van der Waals surface area contributed by atoms with Gasteiger partial charge in [0.1, 0.15) is 79.7 Å². The van der Waals surface area contributed by atoms with E-state index in [1.54, 1.807) is 69.3 Å². The maximum atomic E-state index is 15.4. The summed E-state index contributed by atoms with van der Waals surface area (Å²) in [7, 11) is 5.53. The predicted octanol–water partition coefficient (Wildman–Crippen LogP) is 8.78. The zero-order valence-corrected chi connectivity index (χ0v) is 64.0. The number of carbonyl (C=O) groups excluding carboxylic acids is 8. The summed E-state index contributed by atoms with van der Waals surface area (Å²) in [6.07, 6.45) is -4.09. The highest BCUT2D eigenvalue weighted by Crippen LogP contribution is 2.39. The molecule has 8 N–H and O–H groups in total. The van der Waals surface area contributed by atoms with Gasteiger partial charge in [-0.3, -0.25) is 28.9 Å². The van der Waals surface area contributed by atoms with Crippen LogP contribution in [0.3, 0.4) is 0 Å². The van der Waals surface area contributed by atoms with Crippen molar-refractivity contribution in [1.29, 1.82) is 5.26 Å². The van der Waals surface area contributed by atoms with Crippen LogP contribution in [0.5, 0.6) is 11.5 Å². The summed E-state index contributed by atoms with van der Waals surface area (Å²) in [5.74, 6) is -4.25. The number of quaternary nitrogens is 1. The summed E-state index contributed by atoms with van der Waals surface area (Å²) >= 11 is 0. The van der Waals surface area contributed by atoms with Gasteiger partial charge in [-0.2, -0.15) is 18.4 Å². The zero-order valence-electron chi connectivity index (χ0n) is 64.0. The average molecular weight is 1520 g/mol. The largest absolute Gasteiger partial charge is 0.542 e. The molecule has 29 heteroatoms. The number of primary amides is 1. The van der Waals surface area contributed by atoms with Crippen LogP contribution in [0.25, 0.3) is 11.3 Å². The Hall–Kier alpha value is -11.2. The Kier molecular flexibility index (Phi) is 27.0. The number of aromatic hydroxyl groups is 1. The standard InChI is InChI=1S/C79H97N13O11.C2HF3O2/c1-49(2)72(86-78(100)103-79(6,7)8)74(96)85-68(17-14-29-83-77(81)99)73(95)84-60-21-20-57(58(39-60)45-82-9)48-92(31-34-101-35-32-92)33-36-102-64-26-18-53(19-27-64)38-71(94)89-30-28-55-40-66(67(41-59(55)46-89)75(97)90-47-56-16-13-12-15-54(56)37-50(90)3)70-43-65(51(4)88(70)11)76(98)91(61-22-24-63(93)25-23-61)69-42-62(44-80)87(10)52(69)5;3-2(4,5)1(6)7/h12-13,15-16,18-27,39-43,49-50,68,72,82H,14,17,28-38,45-48H2,1-11H3,(H6-,81,83,84,85,86,93,95,96,99,100);(H,6,7)/t50-,68+,72+;/m1./s1. The molecule has 1 fully saturated rings. The molecule has 0 bridgehead atoms. The Morgan fingerprint density at radius 2 is 1.50 bits per heavy atom. The first-order valence-corrected chi connectivity index (χ1v) is 36.6. The lowest BCUT2D eigenvalue weighted by molar-refractivity contribution is -0.947. The van der Waals surface area contributed by atoms with E-state index < -0.39 is 53.8 Å². The molecule has 5 aromatic carbocycles. The van der Waals surface area contributed by atoms with Crippen LogP contribution in [0.15, 0.2) is 115 Å². The van der Waals surface area contributed by atoms with E-state index in [1.165, 1.54) is 17.7 Å². The van der Waals surface area contributed by atoms with Gasteiger partial charge < -0.3 is 85.0 Å².